The third-order valence-corrected chi connectivity index (χ3v) is 3.58. The molecule has 0 aliphatic heterocycles. The second kappa shape index (κ2) is 7.46. The molecule has 2 aromatic carbocycles. The zero-order chi connectivity index (χ0) is 14.4. The summed E-state index contributed by atoms with van der Waals surface area (Å²) in [5.74, 6) is 0.776. The van der Waals surface area contributed by atoms with Gasteiger partial charge in [0.25, 0.3) is 0 Å². The molecule has 0 atom stereocenters. The topological polar surface area (TPSA) is 26.3 Å². The first-order chi connectivity index (χ1) is 9.66. The Labute approximate surface area is 131 Å². The van der Waals surface area contributed by atoms with Gasteiger partial charge < -0.3 is 4.74 Å². The zero-order valence-corrected chi connectivity index (χ0v) is 13.2. The Morgan fingerprint density at radius 2 is 1.90 bits per heavy atom. The van der Waals surface area contributed by atoms with E-state index in [1.807, 2.05) is 42.5 Å². The van der Waals surface area contributed by atoms with E-state index in [9.17, 15) is 4.79 Å². The van der Waals surface area contributed by atoms with Crippen molar-refractivity contribution >= 4 is 33.3 Å². The van der Waals surface area contributed by atoms with Crippen molar-refractivity contribution in [3.05, 3.63) is 63.6 Å². The first kappa shape index (κ1) is 15.1. The minimum Gasteiger partial charge on any atom is -0.492 e. The molecule has 2 aromatic rings. The molecule has 2 nitrogen and oxygen atoms in total. The van der Waals surface area contributed by atoms with Crippen molar-refractivity contribution in [2.24, 2.45) is 0 Å². The van der Waals surface area contributed by atoms with Crippen LogP contribution >= 0.6 is 27.5 Å². The molecule has 2 rings (SSSR count). The van der Waals surface area contributed by atoms with Crippen LogP contribution in [0.4, 0.5) is 0 Å². The molecule has 0 aromatic heterocycles. The number of hydrogen-bond donors (Lipinski definition) is 0. The molecule has 0 saturated carbocycles. The van der Waals surface area contributed by atoms with E-state index in [1.165, 1.54) is 0 Å². The maximum absolute atomic E-state index is 11.9. The number of carbonyl (C=O) groups is 1. The molecule has 0 aliphatic carbocycles. The van der Waals surface area contributed by atoms with Gasteiger partial charge in [0.1, 0.15) is 5.75 Å². The van der Waals surface area contributed by atoms with E-state index in [4.69, 9.17) is 16.3 Å². The number of rotatable bonds is 6. The van der Waals surface area contributed by atoms with Crippen LogP contribution in [0, 0.1) is 0 Å². The molecule has 0 amide bonds. The van der Waals surface area contributed by atoms with Gasteiger partial charge >= 0.3 is 0 Å². The lowest BCUT2D eigenvalue weighted by molar-refractivity contribution is 0.0973. The number of carbonyl (C=O) groups excluding carboxylic acids is 1. The van der Waals surface area contributed by atoms with Crippen LogP contribution in [-0.2, 0) is 0 Å². The van der Waals surface area contributed by atoms with Crippen LogP contribution in [0.3, 0.4) is 0 Å². The van der Waals surface area contributed by atoms with Crippen molar-refractivity contribution in [2.45, 2.75) is 12.8 Å². The molecule has 0 spiro atoms. The van der Waals surface area contributed by atoms with E-state index in [0.29, 0.717) is 30.2 Å². The van der Waals surface area contributed by atoms with Gasteiger partial charge in [-0.2, -0.15) is 0 Å². The number of hydrogen-bond acceptors (Lipinski definition) is 2. The van der Waals surface area contributed by atoms with E-state index in [-0.39, 0.29) is 5.78 Å². The Balaban J connectivity index is 1.78. The highest BCUT2D eigenvalue weighted by atomic mass is 79.9. The highest BCUT2D eigenvalue weighted by Crippen LogP contribution is 2.27. The van der Waals surface area contributed by atoms with E-state index < -0.39 is 0 Å². The first-order valence-corrected chi connectivity index (χ1v) is 7.50. The van der Waals surface area contributed by atoms with Gasteiger partial charge in [-0.1, -0.05) is 57.9 Å². The predicted octanol–water partition coefficient (Wildman–Crippen LogP) is 5.14. The van der Waals surface area contributed by atoms with Gasteiger partial charge in [0.15, 0.2) is 5.78 Å². The molecular formula is C16H14BrClO2. The van der Waals surface area contributed by atoms with Crippen molar-refractivity contribution in [1.82, 2.24) is 0 Å². The average molecular weight is 354 g/mol. The Hall–Kier alpha value is -1.32. The van der Waals surface area contributed by atoms with Crippen molar-refractivity contribution < 1.29 is 9.53 Å². The molecule has 20 heavy (non-hydrogen) atoms. The summed E-state index contributed by atoms with van der Waals surface area (Å²) in [7, 11) is 0. The lowest BCUT2D eigenvalue weighted by Gasteiger charge is -2.08. The molecule has 0 N–H and O–H groups in total. The van der Waals surface area contributed by atoms with Gasteiger partial charge in [-0.15, -0.1) is 0 Å². The molecule has 0 aliphatic rings. The van der Waals surface area contributed by atoms with Crippen LogP contribution in [0.2, 0.25) is 5.02 Å². The number of benzene rings is 2. The maximum atomic E-state index is 11.9. The van der Waals surface area contributed by atoms with Gasteiger partial charge in [-0.05, 0) is 24.6 Å². The normalized spacial score (nSPS) is 10.3. The van der Waals surface area contributed by atoms with E-state index in [0.717, 1.165) is 10.0 Å². The number of ether oxygens (including phenoxy) is 1. The average Bonchev–Trinajstić information content (AvgIpc) is 2.46. The van der Waals surface area contributed by atoms with Crippen molar-refractivity contribution in [3.63, 3.8) is 0 Å². The number of Topliss-reactive ketones (excluding diaryl/α,β-unsaturated/α-hetero) is 1. The summed E-state index contributed by atoms with van der Waals surface area (Å²) >= 11 is 9.38. The quantitative estimate of drug-likeness (QED) is 0.530. The summed E-state index contributed by atoms with van der Waals surface area (Å²) < 4.78 is 6.48. The molecule has 0 unspecified atom stereocenters. The Morgan fingerprint density at radius 1 is 1.15 bits per heavy atom. The molecule has 104 valence electrons. The maximum Gasteiger partial charge on any atom is 0.163 e. The van der Waals surface area contributed by atoms with Gasteiger partial charge in [-0.25, -0.2) is 0 Å². The first-order valence-electron chi connectivity index (χ1n) is 6.33. The zero-order valence-electron chi connectivity index (χ0n) is 10.8. The molecule has 0 radical (unpaired) electrons. The minimum absolute atomic E-state index is 0.135. The van der Waals surface area contributed by atoms with Crippen molar-refractivity contribution in [1.29, 1.82) is 0 Å². The summed E-state index contributed by atoms with van der Waals surface area (Å²) in [4.78, 5) is 11.9. The van der Waals surface area contributed by atoms with Gasteiger partial charge in [0.2, 0.25) is 0 Å². The second-order valence-electron chi connectivity index (χ2n) is 4.32. The van der Waals surface area contributed by atoms with E-state index >= 15 is 0 Å². The van der Waals surface area contributed by atoms with E-state index in [2.05, 4.69) is 15.9 Å². The highest BCUT2D eigenvalue weighted by molar-refractivity contribution is 9.10. The predicted molar refractivity (Wildman–Crippen MR) is 84.7 cm³/mol. The summed E-state index contributed by atoms with van der Waals surface area (Å²) in [6.45, 7) is 0.472. The van der Waals surface area contributed by atoms with Crippen LogP contribution in [-0.4, -0.2) is 12.4 Å². The summed E-state index contributed by atoms with van der Waals surface area (Å²) in [5, 5.41) is 0.564. The Bertz CT molecular complexity index is 584. The van der Waals surface area contributed by atoms with Crippen LogP contribution in [0.25, 0.3) is 0 Å². The van der Waals surface area contributed by atoms with Gasteiger partial charge in [0.05, 0.1) is 11.6 Å². The Kier molecular flexibility index (Phi) is 5.62. The molecule has 4 heteroatoms. The molecule has 0 saturated heterocycles. The van der Waals surface area contributed by atoms with Crippen LogP contribution in [0.1, 0.15) is 23.2 Å². The summed E-state index contributed by atoms with van der Waals surface area (Å²) in [6.07, 6.45) is 1.14. The second-order valence-corrected chi connectivity index (χ2v) is 5.64. The largest absolute Gasteiger partial charge is 0.492 e. The van der Waals surface area contributed by atoms with Gasteiger partial charge in [0, 0.05) is 16.5 Å². The lowest BCUT2D eigenvalue weighted by atomic mass is 10.1. The third-order valence-electron chi connectivity index (χ3n) is 2.80. The molecule has 0 heterocycles. The molecule has 0 fully saturated rings. The van der Waals surface area contributed by atoms with Crippen LogP contribution < -0.4 is 4.74 Å². The van der Waals surface area contributed by atoms with Gasteiger partial charge in [-0.3, -0.25) is 4.79 Å². The minimum atomic E-state index is 0.135. The molecular weight excluding hydrogens is 340 g/mol. The fraction of sp³-hybridized carbons (Fsp3) is 0.188. The summed E-state index contributed by atoms with van der Waals surface area (Å²) in [5.41, 5.74) is 0.745. The lowest BCUT2D eigenvalue weighted by Crippen LogP contribution is -2.04. The standard InChI is InChI=1S/C16H14BrClO2/c17-13-8-9-16(14(18)11-13)20-10-4-7-15(19)12-5-2-1-3-6-12/h1-3,5-6,8-9,11H,4,7,10H2. The number of halogens is 2. The van der Waals surface area contributed by atoms with E-state index in [1.54, 1.807) is 6.07 Å². The van der Waals surface area contributed by atoms with Crippen molar-refractivity contribution in [2.75, 3.05) is 6.61 Å². The third kappa shape index (κ3) is 4.36. The van der Waals surface area contributed by atoms with Crippen LogP contribution in [0.15, 0.2) is 53.0 Å². The molecule has 0 bridgehead atoms. The van der Waals surface area contributed by atoms with Crippen molar-refractivity contribution in [3.8, 4) is 5.75 Å². The smallest absolute Gasteiger partial charge is 0.163 e. The monoisotopic (exact) mass is 352 g/mol. The highest BCUT2D eigenvalue weighted by Gasteiger charge is 2.06. The SMILES string of the molecule is O=C(CCCOc1ccc(Br)cc1Cl)c1ccccc1. The number of ketones is 1. The fourth-order valence-electron chi connectivity index (χ4n) is 1.78. The van der Waals surface area contributed by atoms with Crippen LogP contribution in [0.5, 0.6) is 5.75 Å². The summed E-state index contributed by atoms with van der Waals surface area (Å²) in [6, 6.07) is 14.8. The fourth-order valence-corrected chi connectivity index (χ4v) is 2.50. The Morgan fingerprint density at radius 3 is 2.60 bits per heavy atom.